The molecule has 2 aromatic rings. The molecule has 0 fully saturated rings. The second-order valence-corrected chi connectivity index (χ2v) is 7.77. The van der Waals surface area contributed by atoms with E-state index in [2.05, 4.69) is 0 Å². The van der Waals surface area contributed by atoms with Gasteiger partial charge in [-0.25, -0.2) is 8.42 Å². The largest absolute Gasteiger partial charge is 0.496 e. The molecule has 4 nitrogen and oxygen atoms in total. The van der Waals surface area contributed by atoms with Crippen LogP contribution in [0.15, 0.2) is 35.2 Å². The topological polar surface area (TPSA) is 46.6 Å². The third-order valence-electron chi connectivity index (χ3n) is 3.99. The maximum Gasteiger partial charge on any atom is 0.264 e. The lowest BCUT2D eigenvalue weighted by atomic mass is 10.1. The third kappa shape index (κ3) is 3.16. The molecule has 23 heavy (non-hydrogen) atoms. The van der Waals surface area contributed by atoms with Crippen LogP contribution in [0.2, 0.25) is 5.02 Å². The number of nitrogens with zero attached hydrogens (tertiary/aromatic N) is 1. The van der Waals surface area contributed by atoms with Crippen molar-refractivity contribution < 1.29 is 13.2 Å². The Bertz CT molecular complexity index is 847. The molecule has 0 saturated carbocycles. The number of sulfonamides is 1. The maximum atomic E-state index is 13.1. The summed E-state index contributed by atoms with van der Waals surface area (Å²) in [6.07, 6.45) is 0. The smallest absolute Gasteiger partial charge is 0.264 e. The fraction of sp³-hybridized carbons (Fsp3) is 0.294. The van der Waals surface area contributed by atoms with E-state index in [0.717, 1.165) is 5.56 Å². The minimum atomic E-state index is -3.70. The van der Waals surface area contributed by atoms with Gasteiger partial charge in [0.15, 0.2) is 0 Å². The summed E-state index contributed by atoms with van der Waals surface area (Å²) in [4.78, 5) is 0.304. The number of benzene rings is 2. The quantitative estimate of drug-likeness (QED) is 0.831. The molecule has 2 aromatic carbocycles. The molecule has 0 unspecified atom stereocenters. The van der Waals surface area contributed by atoms with Crippen molar-refractivity contribution in [3.05, 3.63) is 52.0 Å². The van der Waals surface area contributed by atoms with Crippen LogP contribution in [-0.4, -0.2) is 22.6 Å². The average molecular weight is 354 g/mol. The Morgan fingerprint density at radius 3 is 2.30 bits per heavy atom. The molecule has 0 aliphatic carbocycles. The van der Waals surface area contributed by atoms with Crippen molar-refractivity contribution in [3.8, 4) is 5.75 Å². The van der Waals surface area contributed by atoms with Crippen molar-refractivity contribution >= 4 is 27.3 Å². The monoisotopic (exact) mass is 353 g/mol. The summed E-state index contributed by atoms with van der Waals surface area (Å²) in [5.74, 6) is 0.685. The van der Waals surface area contributed by atoms with Gasteiger partial charge in [0, 0.05) is 12.1 Å². The first-order valence-corrected chi connectivity index (χ1v) is 8.91. The molecule has 0 spiro atoms. The molecule has 0 atom stereocenters. The number of rotatable bonds is 4. The summed E-state index contributed by atoms with van der Waals surface area (Å²) in [5, 5.41) is 0.490. The predicted molar refractivity (Wildman–Crippen MR) is 94.2 cm³/mol. The molecule has 0 aromatic heterocycles. The summed E-state index contributed by atoms with van der Waals surface area (Å²) >= 11 is 5.97. The first kappa shape index (κ1) is 17.6. The highest BCUT2D eigenvalue weighted by Gasteiger charge is 2.27. The van der Waals surface area contributed by atoms with E-state index in [1.54, 1.807) is 51.3 Å². The Labute approximate surface area is 142 Å². The van der Waals surface area contributed by atoms with Gasteiger partial charge in [-0.1, -0.05) is 17.7 Å². The Balaban J connectivity index is 2.63. The molecule has 0 aliphatic rings. The van der Waals surface area contributed by atoms with Crippen LogP contribution in [0.5, 0.6) is 5.75 Å². The van der Waals surface area contributed by atoms with Crippen LogP contribution < -0.4 is 9.04 Å². The number of methoxy groups -OCH3 is 1. The fourth-order valence-electron chi connectivity index (χ4n) is 2.58. The van der Waals surface area contributed by atoms with E-state index in [9.17, 15) is 8.42 Å². The van der Waals surface area contributed by atoms with Crippen molar-refractivity contribution in [2.45, 2.75) is 25.7 Å². The second-order valence-electron chi connectivity index (χ2n) is 5.43. The number of halogens is 1. The van der Waals surface area contributed by atoms with Gasteiger partial charge in [-0.3, -0.25) is 4.31 Å². The highest BCUT2D eigenvalue weighted by atomic mass is 35.5. The zero-order valence-corrected chi connectivity index (χ0v) is 15.4. The van der Waals surface area contributed by atoms with Crippen LogP contribution in [-0.2, 0) is 10.0 Å². The number of hydrogen-bond acceptors (Lipinski definition) is 3. The standard InChI is InChI=1S/C17H20ClNO3S/c1-11-9-16(22-5)12(2)13(3)17(11)23(20,21)19(4)15-8-6-7-14(18)10-15/h6-10H,1-5H3. The number of aryl methyl sites for hydroxylation is 1. The molecule has 2 rings (SSSR count). The second kappa shape index (κ2) is 6.42. The lowest BCUT2D eigenvalue weighted by molar-refractivity contribution is 0.410. The molecule has 0 N–H and O–H groups in total. The van der Waals surface area contributed by atoms with Crippen LogP contribution in [0.25, 0.3) is 0 Å². The van der Waals surface area contributed by atoms with Gasteiger partial charge in [0.1, 0.15) is 5.75 Å². The van der Waals surface area contributed by atoms with Crippen molar-refractivity contribution in [2.24, 2.45) is 0 Å². The van der Waals surface area contributed by atoms with Gasteiger partial charge in [0.2, 0.25) is 0 Å². The van der Waals surface area contributed by atoms with Gasteiger partial charge < -0.3 is 4.74 Å². The molecule has 124 valence electrons. The number of ether oxygens (including phenoxy) is 1. The lowest BCUT2D eigenvalue weighted by Crippen LogP contribution is -2.28. The van der Waals surface area contributed by atoms with Crippen LogP contribution in [0.1, 0.15) is 16.7 Å². The van der Waals surface area contributed by atoms with E-state index in [4.69, 9.17) is 16.3 Å². The number of hydrogen-bond donors (Lipinski definition) is 0. The first-order valence-electron chi connectivity index (χ1n) is 7.09. The van der Waals surface area contributed by atoms with Gasteiger partial charge in [0.05, 0.1) is 17.7 Å². The zero-order valence-electron chi connectivity index (χ0n) is 13.8. The van der Waals surface area contributed by atoms with Gasteiger partial charge in [0.25, 0.3) is 10.0 Å². The van der Waals surface area contributed by atoms with E-state index in [-0.39, 0.29) is 0 Å². The Morgan fingerprint density at radius 2 is 1.74 bits per heavy atom. The minimum absolute atomic E-state index is 0.304. The normalized spacial score (nSPS) is 11.4. The summed E-state index contributed by atoms with van der Waals surface area (Å²) in [6.45, 7) is 5.42. The molecular formula is C17H20ClNO3S. The zero-order chi connectivity index (χ0) is 17.4. The highest BCUT2D eigenvalue weighted by molar-refractivity contribution is 7.92. The van der Waals surface area contributed by atoms with E-state index in [1.165, 1.54) is 11.4 Å². The van der Waals surface area contributed by atoms with E-state index >= 15 is 0 Å². The van der Waals surface area contributed by atoms with E-state index in [1.807, 2.05) is 6.92 Å². The minimum Gasteiger partial charge on any atom is -0.496 e. The van der Waals surface area contributed by atoms with E-state index in [0.29, 0.717) is 32.5 Å². The van der Waals surface area contributed by atoms with Crippen molar-refractivity contribution in [2.75, 3.05) is 18.5 Å². The maximum absolute atomic E-state index is 13.1. The average Bonchev–Trinajstić information content (AvgIpc) is 2.49. The predicted octanol–water partition coefficient (Wildman–Crippen LogP) is 4.10. The van der Waals surface area contributed by atoms with Crippen LogP contribution >= 0.6 is 11.6 Å². The highest BCUT2D eigenvalue weighted by Crippen LogP contribution is 2.33. The molecule has 0 aliphatic heterocycles. The molecule has 0 heterocycles. The number of anilines is 1. The SMILES string of the molecule is COc1cc(C)c(S(=O)(=O)N(C)c2cccc(Cl)c2)c(C)c1C. The molecular weight excluding hydrogens is 334 g/mol. The summed E-state index contributed by atoms with van der Waals surface area (Å²) in [6, 6.07) is 8.52. The summed E-state index contributed by atoms with van der Waals surface area (Å²) < 4.78 is 32.7. The van der Waals surface area contributed by atoms with Crippen molar-refractivity contribution in [1.29, 1.82) is 0 Å². The van der Waals surface area contributed by atoms with Crippen molar-refractivity contribution in [3.63, 3.8) is 0 Å². The molecule has 6 heteroatoms. The van der Waals surface area contributed by atoms with Gasteiger partial charge in [-0.2, -0.15) is 0 Å². The van der Waals surface area contributed by atoms with Crippen molar-refractivity contribution in [1.82, 2.24) is 0 Å². The Hall–Kier alpha value is -1.72. The van der Waals surface area contributed by atoms with Crippen LogP contribution in [0, 0.1) is 20.8 Å². The molecule has 0 amide bonds. The molecule has 0 radical (unpaired) electrons. The summed E-state index contributed by atoms with van der Waals surface area (Å²) in [7, 11) is -0.594. The lowest BCUT2D eigenvalue weighted by Gasteiger charge is -2.23. The fourth-order valence-corrected chi connectivity index (χ4v) is 4.43. The van der Waals surface area contributed by atoms with Gasteiger partial charge >= 0.3 is 0 Å². The Kier molecular flexibility index (Phi) is 4.92. The van der Waals surface area contributed by atoms with Gasteiger partial charge in [-0.15, -0.1) is 0 Å². The molecule has 0 bridgehead atoms. The Morgan fingerprint density at radius 1 is 1.09 bits per heavy atom. The summed E-state index contributed by atoms with van der Waals surface area (Å²) in [5.41, 5.74) is 2.68. The van der Waals surface area contributed by atoms with Crippen LogP contribution in [0.3, 0.4) is 0 Å². The third-order valence-corrected chi connectivity index (χ3v) is 6.30. The molecule has 0 saturated heterocycles. The van der Waals surface area contributed by atoms with Crippen LogP contribution in [0.4, 0.5) is 5.69 Å². The van der Waals surface area contributed by atoms with Gasteiger partial charge in [-0.05, 0) is 61.7 Å². The first-order chi connectivity index (χ1) is 10.7. The van der Waals surface area contributed by atoms with E-state index < -0.39 is 10.0 Å².